The Morgan fingerprint density at radius 1 is 0.903 bits per heavy atom. The Bertz CT molecular complexity index is 627. The highest BCUT2D eigenvalue weighted by atomic mass is 16.5. The molecule has 0 radical (unpaired) electrons. The summed E-state index contributed by atoms with van der Waals surface area (Å²) in [6.07, 6.45) is 7.32. The first kappa shape index (κ1) is 25.1. The van der Waals surface area contributed by atoms with Gasteiger partial charge in [0, 0.05) is 6.42 Å². The minimum Gasteiger partial charge on any atom is -0.462 e. The number of amides is 2. The average molecular weight is 440 g/mol. The first-order valence-corrected chi connectivity index (χ1v) is 11.5. The highest BCUT2D eigenvalue weighted by Crippen LogP contribution is 2.23. The highest BCUT2D eigenvalue weighted by molar-refractivity contribution is 5.91. The Hall–Kier alpha value is -2.16. The van der Waals surface area contributed by atoms with Crippen LogP contribution in [0.15, 0.2) is 0 Å². The molecule has 0 aromatic heterocycles. The molecule has 2 aliphatic rings. The predicted molar refractivity (Wildman–Crippen MR) is 114 cm³/mol. The zero-order valence-corrected chi connectivity index (χ0v) is 18.7. The van der Waals surface area contributed by atoms with Crippen LogP contribution in [0.5, 0.6) is 0 Å². The highest BCUT2D eigenvalue weighted by Gasteiger charge is 2.32. The van der Waals surface area contributed by atoms with Crippen molar-refractivity contribution in [2.24, 2.45) is 11.7 Å². The van der Waals surface area contributed by atoms with Crippen molar-refractivity contribution >= 4 is 23.8 Å². The van der Waals surface area contributed by atoms with Gasteiger partial charge in [-0.2, -0.15) is 0 Å². The van der Waals surface area contributed by atoms with Crippen LogP contribution in [-0.2, 0) is 28.7 Å². The number of carbonyl (C=O) groups excluding carboxylic acids is 4. The van der Waals surface area contributed by atoms with Crippen LogP contribution >= 0.6 is 0 Å². The van der Waals surface area contributed by atoms with Crippen molar-refractivity contribution in [1.82, 2.24) is 10.6 Å². The molecule has 0 spiro atoms. The van der Waals surface area contributed by atoms with Crippen molar-refractivity contribution in [3.05, 3.63) is 0 Å². The minimum atomic E-state index is -0.986. The Labute approximate surface area is 184 Å². The summed E-state index contributed by atoms with van der Waals surface area (Å²) in [6, 6.07) is -1.83. The molecular formula is C22H37N3O6. The van der Waals surface area contributed by atoms with E-state index in [-0.39, 0.29) is 43.5 Å². The minimum absolute atomic E-state index is 0.00270. The molecule has 31 heavy (non-hydrogen) atoms. The van der Waals surface area contributed by atoms with Gasteiger partial charge >= 0.3 is 11.9 Å². The van der Waals surface area contributed by atoms with Gasteiger partial charge in [0.25, 0.3) is 0 Å². The van der Waals surface area contributed by atoms with E-state index in [1.54, 1.807) is 13.8 Å². The van der Waals surface area contributed by atoms with Gasteiger partial charge in [-0.05, 0) is 63.7 Å². The largest absolute Gasteiger partial charge is 0.462 e. The van der Waals surface area contributed by atoms with Crippen LogP contribution in [0.3, 0.4) is 0 Å². The van der Waals surface area contributed by atoms with E-state index in [9.17, 15) is 19.2 Å². The number of nitrogens with two attached hydrogens (primary N) is 1. The molecule has 0 unspecified atom stereocenters. The molecule has 2 rings (SSSR count). The van der Waals surface area contributed by atoms with Gasteiger partial charge in [0.05, 0.1) is 6.54 Å². The summed E-state index contributed by atoms with van der Waals surface area (Å²) in [6.45, 7) is 3.33. The van der Waals surface area contributed by atoms with Crippen LogP contribution < -0.4 is 16.4 Å². The third-order valence-electron chi connectivity index (χ3n) is 5.87. The molecule has 176 valence electrons. The van der Waals surface area contributed by atoms with Crippen LogP contribution in [-0.4, -0.2) is 54.6 Å². The quantitative estimate of drug-likeness (QED) is 0.413. The molecule has 0 aromatic carbocycles. The third kappa shape index (κ3) is 8.47. The summed E-state index contributed by atoms with van der Waals surface area (Å²) >= 11 is 0. The molecular weight excluding hydrogens is 402 g/mol. The molecule has 0 heterocycles. The van der Waals surface area contributed by atoms with Gasteiger partial charge in [0.2, 0.25) is 11.8 Å². The molecule has 0 bridgehead atoms. The molecule has 2 fully saturated rings. The van der Waals surface area contributed by atoms with Crippen molar-refractivity contribution < 1.29 is 28.7 Å². The number of nitrogens with one attached hydrogen (secondary N) is 2. The Balaban J connectivity index is 1.98. The molecule has 2 amide bonds. The molecule has 2 atom stereocenters. The van der Waals surface area contributed by atoms with E-state index in [4.69, 9.17) is 15.2 Å². The number of hydrogen-bond donors (Lipinski definition) is 3. The van der Waals surface area contributed by atoms with E-state index in [2.05, 4.69) is 10.6 Å². The van der Waals surface area contributed by atoms with Crippen LogP contribution in [0.1, 0.15) is 78.1 Å². The van der Waals surface area contributed by atoms with Crippen molar-refractivity contribution in [3.63, 3.8) is 0 Å². The maximum absolute atomic E-state index is 12.8. The van der Waals surface area contributed by atoms with Crippen molar-refractivity contribution in [2.45, 2.75) is 102 Å². The topological polar surface area (TPSA) is 137 Å². The summed E-state index contributed by atoms with van der Waals surface area (Å²) in [5, 5.41) is 5.25. The third-order valence-corrected chi connectivity index (χ3v) is 5.87. The smallest absolute Gasteiger partial charge is 0.328 e. The predicted octanol–water partition coefficient (Wildman–Crippen LogP) is 1.32. The lowest BCUT2D eigenvalue weighted by atomic mass is 10.0. The van der Waals surface area contributed by atoms with Gasteiger partial charge in [-0.1, -0.05) is 13.8 Å². The summed E-state index contributed by atoms with van der Waals surface area (Å²) in [7, 11) is 0. The summed E-state index contributed by atoms with van der Waals surface area (Å²) < 4.78 is 11.0. The number of carbonyl (C=O) groups is 4. The van der Waals surface area contributed by atoms with Gasteiger partial charge in [-0.3, -0.25) is 14.4 Å². The molecule has 0 saturated heterocycles. The van der Waals surface area contributed by atoms with Crippen molar-refractivity contribution in [1.29, 1.82) is 0 Å². The van der Waals surface area contributed by atoms with Gasteiger partial charge in [-0.25, -0.2) is 4.79 Å². The van der Waals surface area contributed by atoms with Crippen LogP contribution in [0.4, 0.5) is 0 Å². The molecule has 9 nitrogen and oxygen atoms in total. The van der Waals surface area contributed by atoms with Crippen molar-refractivity contribution in [2.75, 3.05) is 6.54 Å². The first-order valence-electron chi connectivity index (χ1n) is 11.5. The van der Waals surface area contributed by atoms with Gasteiger partial charge < -0.3 is 25.8 Å². The van der Waals surface area contributed by atoms with E-state index in [1.807, 2.05) is 0 Å². The fraction of sp³-hybridized carbons (Fsp3) is 0.818. The number of rotatable bonds is 11. The molecule has 0 aliphatic heterocycles. The fourth-order valence-corrected chi connectivity index (χ4v) is 4.04. The first-order chi connectivity index (χ1) is 14.8. The fourth-order valence-electron chi connectivity index (χ4n) is 4.04. The summed E-state index contributed by atoms with van der Waals surface area (Å²) in [5.74, 6) is -2.11. The van der Waals surface area contributed by atoms with Crippen LogP contribution in [0, 0.1) is 5.92 Å². The number of ether oxygens (including phenoxy) is 2. The van der Waals surface area contributed by atoms with Gasteiger partial charge in [0.15, 0.2) is 0 Å². The van der Waals surface area contributed by atoms with Crippen LogP contribution in [0.2, 0.25) is 0 Å². The monoisotopic (exact) mass is 439 g/mol. The van der Waals surface area contributed by atoms with Gasteiger partial charge in [-0.15, -0.1) is 0 Å². The molecule has 0 aromatic rings. The summed E-state index contributed by atoms with van der Waals surface area (Å²) in [5.41, 5.74) is 5.34. The lowest BCUT2D eigenvalue weighted by molar-refractivity contribution is -0.154. The lowest BCUT2D eigenvalue weighted by Crippen LogP contribution is -2.55. The van der Waals surface area contributed by atoms with E-state index in [0.717, 1.165) is 51.4 Å². The molecule has 2 saturated carbocycles. The van der Waals surface area contributed by atoms with Gasteiger partial charge in [0.1, 0.15) is 24.3 Å². The van der Waals surface area contributed by atoms with Crippen LogP contribution in [0.25, 0.3) is 0 Å². The van der Waals surface area contributed by atoms with E-state index < -0.39 is 29.9 Å². The average Bonchev–Trinajstić information content (AvgIpc) is 3.42. The lowest BCUT2D eigenvalue weighted by Gasteiger charge is -2.25. The second kappa shape index (κ2) is 12.6. The Morgan fingerprint density at radius 2 is 1.45 bits per heavy atom. The SMILES string of the molecule is CC(C)[C@H](NC(=O)CN)C(=O)N[C@H](CCC(=O)OC1CCCC1)C(=O)OC1CCCC1. The second-order valence-corrected chi connectivity index (χ2v) is 8.83. The summed E-state index contributed by atoms with van der Waals surface area (Å²) in [4.78, 5) is 49.5. The zero-order valence-electron chi connectivity index (χ0n) is 18.7. The number of esters is 2. The number of hydrogen-bond acceptors (Lipinski definition) is 7. The molecule has 9 heteroatoms. The maximum atomic E-state index is 12.8. The maximum Gasteiger partial charge on any atom is 0.328 e. The van der Waals surface area contributed by atoms with Crippen molar-refractivity contribution in [3.8, 4) is 0 Å². The van der Waals surface area contributed by atoms with E-state index >= 15 is 0 Å². The second-order valence-electron chi connectivity index (χ2n) is 8.83. The normalized spacial score (nSPS) is 19.1. The van der Waals surface area contributed by atoms with E-state index in [1.165, 1.54) is 0 Å². The standard InChI is InChI=1S/C22H37N3O6/c1-14(2)20(25-18(26)13-23)21(28)24-17(22(29)31-16-9-5-6-10-16)11-12-19(27)30-15-7-3-4-8-15/h14-17,20H,3-13,23H2,1-2H3,(H,24,28)(H,25,26)/t17-,20+/m1/s1. The molecule has 4 N–H and O–H groups in total. The Morgan fingerprint density at radius 3 is 1.97 bits per heavy atom. The zero-order chi connectivity index (χ0) is 22.8. The van der Waals surface area contributed by atoms with E-state index in [0.29, 0.717) is 0 Å². The Kier molecular flexibility index (Phi) is 10.2. The molecule has 2 aliphatic carbocycles.